The molecule has 3 rings (SSSR count). The smallest absolute Gasteiger partial charge is 0.274 e. The monoisotopic (exact) mass is 313 g/mol. The summed E-state index contributed by atoms with van der Waals surface area (Å²) in [6.07, 6.45) is 6.73. The van der Waals surface area contributed by atoms with E-state index in [-0.39, 0.29) is 23.4 Å². The molecular formula is C18H23N3O2. The van der Waals surface area contributed by atoms with Gasteiger partial charge in [-0.2, -0.15) is 5.10 Å². The molecule has 1 aromatic carbocycles. The zero-order valence-electron chi connectivity index (χ0n) is 13.5. The number of carbonyl (C=O) groups is 1. The SMILES string of the molecule is CC[C@@H](Cn1ncc2ccccc2c1=O)NC(=O)C1CCCC1. The van der Waals surface area contributed by atoms with E-state index >= 15 is 0 Å². The van der Waals surface area contributed by atoms with Gasteiger partial charge in [0.05, 0.1) is 18.1 Å². The lowest BCUT2D eigenvalue weighted by molar-refractivity contribution is -0.125. The van der Waals surface area contributed by atoms with Crippen LogP contribution in [0.5, 0.6) is 0 Å². The molecule has 0 saturated heterocycles. The number of hydrogen-bond acceptors (Lipinski definition) is 3. The number of nitrogens with one attached hydrogen (secondary N) is 1. The first-order valence-electron chi connectivity index (χ1n) is 8.44. The Labute approximate surface area is 135 Å². The molecule has 0 bridgehead atoms. The van der Waals surface area contributed by atoms with Crippen LogP contribution in [0.15, 0.2) is 35.3 Å². The Bertz CT molecular complexity index is 747. The van der Waals surface area contributed by atoms with Crippen LogP contribution in [-0.4, -0.2) is 21.7 Å². The Morgan fingerprint density at radius 2 is 2.09 bits per heavy atom. The van der Waals surface area contributed by atoms with Crippen molar-refractivity contribution in [3.63, 3.8) is 0 Å². The van der Waals surface area contributed by atoms with Crippen LogP contribution in [0.25, 0.3) is 10.8 Å². The summed E-state index contributed by atoms with van der Waals surface area (Å²) in [5.74, 6) is 0.272. The van der Waals surface area contributed by atoms with Crippen LogP contribution in [0, 0.1) is 5.92 Å². The second kappa shape index (κ2) is 6.94. The fraction of sp³-hybridized carbons (Fsp3) is 0.500. The van der Waals surface area contributed by atoms with Gasteiger partial charge in [-0.3, -0.25) is 9.59 Å². The number of nitrogens with zero attached hydrogens (tertiary/aromatic N) is 2. The number of carbonyl (C=O) groups excluding carboxylic acids is 1. The van der Waals surface area contributed by atoms with E-state index in [0.29, 0.717) is 11.9 Å². The largest absolute Gasteiger partial charge is 0.351 e. The summed E-state index contributed by atoms with van der Waals surface area (Å²) in [6.45, 7) is 2.43. The van der Waals surface area contributed by atoms with E-state index in [1.165, 1.54) is 4.68 Å². The minimum absolute atomic E-state index is 0.0607. The van der Waals surface area contributed by atoms with Crippen molar-refractivity contribution in [2.75, 3.05) is 0 Å². The zero-order valence-corrected chi connectivity index (χ0v) is 13.5. The number of aromatic nitrogens is 2. The molecule has 122 valence electrons. The van der Waals surface area contributed by atoms with Crippen molar-refractivity contribution in [3.05, 3.63) is 40.8 Å². The van der Waals surface area contributed by atoms with Crippen molar-refractivity contribution in [1.29, 1.82) is 0 Å². The van der Waals surface area contributed by atoms with Gasteiger partial charge >= 0.3 is 0 Å². The Kier molecular flexibility index (Phi) is 4.74. The molecule has 5 nitrogen and oxygen atoms in total. The number of fused-ring (bicyclic) bond motifs is 1. The van der Waals surface area contributed by atoms with Crippen LogP contribution in [0.1, 0.15) is 39.0 Å². The Morgan fingerprint density at radius 3 is 2.83 bits per heavy atom. The maximum absolute atomic E-state index is 12.5. The molecule has 5 heteroatoms. The average molecular weight is 313 g/mol. The standard InChI is InChI=1S/C18H23N3O2/c1-2-15(20-17(22)13-7-3-4-8-13)12-21-18(23)16-10-6-5-9-14(16)11-19-21/h5-6,9-11,13,15H,2-4,7-8,12H2,1H3,(H,20,22)/t15-/m0/s1. The predicted octanol–water partition coefficient (Wildman–Crippen LogP) is 2.48. The van der Waals surface area contributed by atoms with Gasteiger partial charge in [0, 0.05) is 17.3 Å². The maximum atomic E-state index is 12.5. The summed E-state index contributed by atoms with van der Waals surface area (Å²) < 4.78 is 1.46. The molecule has 0 unspecified atom stereocenters. The molecule has 1 aliphatic carbocycles. The van der Waals surface area contributed by atoms with Gasteiger partial charge in [-0.25, -0.2) is 4.68 Å². The van der Waals surface area contributed by atoms with Gasteiger partial charge in [0.15, 0.2) is 0 Å². The number of hydrogen-bond donors (Lipinski definition) is 1. The van der Waals surface area contributed by atoms with Crippen molar-refractivity contribution >= 4 is 16.7 Å². The van der Waals surface area contributed by atoms with Crippen LogP contribution in [0.3, 0.4) is 0 Å². The molecule has 0 spiro atoms. The van der Waals surface area contributed by atoms with Gasteiger partial charge in [-0.1, -0.05) is 38.0 Å². The van der Waals surface area contributed by atoms with E-state index in [1.807, 2.05) is 31.2 Å². The summed E-state index contributed by atoms with van der Waals surface area (Å²) in [6, 6.07) is 7.38. The third kappa shape index (κ3) is 3.44. The average Bonchev–Trinajstić information content (AvgIpc) is 3.11. The Morgan fingerprint density at radius 1 is 1.35 bits per heavy atom. The minimum atomic E-state index is -0.100. The van der Waals surface area contributed by atoms with E-state index in [2.05, 4.69) is 10.4 Å². The molecule has 1 saturated carbocycles. The van der Waals surface area contributed by atoms with Gasteiger partial charge in [-0.15, -0.1) is 0 Å². The Balaban J connectivity index is 1.75. The van der Waals surface area contributed by atoms with E-state index in [0.717, 1.165) is 37.5 Å². The lowest BCUT2D eigenvalue weighted by Crippen LogP contribution is -2.42. The molecular weight excluding hydrogens is 290 g/mol. The maximum Gasteiger partial charge on any atom is 0.274 e. The first kappa shape index (κ1) is 15.7. The first-order chi connectivity index (χ1) is 11.2. The minimum Gasteiger partial charge on any atom is -0.351 e. The van der Waals surface area contributed by atoms with Crippen LogP contribution in [-0.2, 0) is 11.3 Å². The van der Waals surface area contributed by atoms with Crippen molar-refractivity contribution < 1.29 is 4.79 Å². The lowest BCUT2D eigenvalue weighted by Gasteiger charge is -2.20. The second-order valence-electron chi connectivity index (χ2n) is 6.31. The fourth-order valence-corrected chi connectivity index (χ4v) is 3.25. The highest BCUT2D eigenvalue weighted by atomic mass is 16.2. The van der Waals surface area contributed by atoms with Crippen LogP contribution >= 0.6 is 0 Å². The van der Waals surface area contributed by atoms with E-state index in [9.17, 15) is 9.59 Å². The Hall–Kier alpha value is -2.17. The fourth-order valence-electron chi connectivity index (χ4n) is 3.25. The third-order valence-corrected chi connectivity index (χ3v) is 4.72. The van der Waals surface area contributed by atoms with Gasteiger partial charge < -0.3 is 5.32 Å². The molecule has 1 N–H and O–H groups in total. The molecule has 1 aromatic heterocycles. The van der Waals surface area contributed by atoms with Gasteiger partial charge in [0.2, 0.25) is 5.91 Å². The van der Waals surface area contributed by atoms with Gasteiger partial charge in [-0.05, 0) is 25.3 Å². The molecule has 23 heavy (non-hydrogen) atoms. The van der Waals surface area contributed by atoms with Crippen molar-refractivity contribution in [2.45, 2.75) is 51.6 Å². The highest BCUT2D eigenvalue weighted by Gasteiger charge is 2.24. The second-order valence-corrected chi connectivity index (χ2v) is 6.31. The number of rotatable bonds is 5. The molecule has 1 amide bonds. The molecule has 1 atom stereocenters. The summed E-state index contributed by atoms with van der Waals surface area (Å²) in [5.41, 5.74) is -0.100. The highest BCUT2D eigenvalue weighted by Crippen LogP contribution is 2.24. The molecule has 2 aromatic rings. The number of benzene rings is 1. The van der Waals surface area contributed by atoms with E-state index in [1.54, 1.807) is 6.20 Å². The first-order valence-corrected chi connectivity index (χ1v) is 8.44. The lowest BCUT2D eigenvalue weighted by atomic mass is 10.1. The normalized spacial score (nSPS) is 16.6. The summed E-state index contributed by atoms with van der Waals surface area (Å²) in [7, 11) is 0. The molecule has 0 aliphatic heterocycles. The molecule has 1 heterocycles. The molecule has 0 radical (unpaired) electrons. The third-order valence-electron chi connectivity index (χ3n) is 4.72. The van der Waals surface area contributed by atoms with Crippen molar-refractivity contribution in [2.24, 2.45) is 5.92 Å². The van der Waals surface area contributed by atoms with Crippen LogP contribution in [0.4, 0.5) is 0 Å². The van der Waals surface area contributed by atoms with Crippen LogP contribution < -0.4 is 10.9 Å². The van der Waals surface area contributed by atoms with E-state index in [4.69, 9.17) is 0 Å². The highest BCUT2D eigenvalue weighted by molar-refractivity contribution is 5.80. The zero-order chi connectivity index (χ0) is 16.2. The van der Waals surface area contributed by atoms with Gasteiger partial charge in [0.25, 0.3) is 5.56 Å². The van der Waals surface area contributed by atoms with Crippen LogP contribution in [0.2, 0.25) is 0 Å². The quantitative estimate of drug-likeness (QED) is 0.922. The summed E-state index contributed by atoms with van der Waals surface area (Å²) in [5, 5.41) is 8.86. The topological polar surface area (TPSA) is 64.0 Å². The predicted molar refractivity (Wildman–Crippen MR) is 90.2 cm³/mol. The van der Waals surface area contributed by atoms with Crippen molar-refractivity contribution in [3.8, 4) is 0 Å². The molecule has 1 fully saturated rings. The molecule has 1 aliphatic rings. The summed E-state index contributed by atoms with van der Waals surface area (Å²) >= 11 is 0. The number of amides is 1. The van der Waals surface area contributed by atoms with E-state index < -0.39 is 0 Å². The van der Waals surface area contributed by atoms with Crippen molar-refractivity contribution in [1.82, 2.24) is 15.1 Å². The van der Waals surface area contributed by atoms with Gasteiger partial charge in [0.1, 0.15) is 0 Å². The summed E-state index contributed by atoms with van der Waals surface area (Å²) in [4.78, 5) is 24.8.